The van der Waals surface area contributed by atoms with Crippen LogP contribution in [-0.4, -0.2) is 16.1 Å². The predicted octanol–water partition coefficient (Wildman–Crippen LogP) is 3.80. The molecule has 5 heteroatoms. The number of halogens is 1. The SMILES string of the molecule is O=C(O)c1cnc(-c2ccc(F)c3ccccc23)s1. The molecule has 3 rings (SSSR count). The number of carbonyl (C=O) groups is 1. The number of aromatic carboxylic acids is 1. The second kappa shape index (κ2) is 4.44. The lowest BCUT2D eigenvalue weighted by Crippen LogP contribution is -1.89. The predicted molar refractivity (Wildman–Crippen MR) is 72.0 cm³/mol. The molecule has 0 bridgehead atoms. The maximum Gasteiger partial charge on any atom is 0.347 e. The molecule has 2 aromatic carbocycles. The lowest BCUT2D eigenvalue weighted by Gasteiger charge is -2.04. The Morgan fingerprint density at radius 2 is 1.89 bits per heavy atom. The molecule has 0 spiro atoms. The number of aromatic nitrogens is 1. The highest BCUT2D eigenvalue weighted by molar-refractivity contribution is 7.16. The number of rotatable bonds is 2. The Hall–Kier alpha value is -2.27. The number of hydrogen-bond donors (Lipinski definition) is 1. The Kier molecular flexibility index (Phi) is 2.76. The minimum Gasteiger partial charge on any atom is -0.477 e. The summed E-state index contributed by atoms with van der Waals surface area (Å²) in [4.78, 5) is 15.1. The molecule has 19 heavy (non-hydrogen) atoms. The number of thiazole rings is 1. The Morgan fingerprint density at radius 3 is 2.58 bits per heavy atom. The zero-order chi connectivity index (χ0) is 13.4. The lowest BCUT2D eigenvalue weighted by molar-refractivity contribution is 0.0702. The van der Waals surface area contributed by atoms with E-state index < -0.39 is 5.97 Å². The first-order valence-corrected chi connectivity index (χ1v) is 6.35. The molecule has 3 aromatic rings. The van der Waals surface area contributed by atoms with Crippen LogP contribution < -0.4 is 0 Å². The Balaban J connectivity index is 2.24. The van der Waals surface area contributed by atoms with Gasteiger partial charge in [0.25, 0.3) is 0 Å². The van der Waals surface area contributed by atoms with E-state index in [1.54, 1.807) is 24.3 Å². The molecule has 0 atom stereocenters. The molecule has 3 nitrogen and oxygen atoms in total. The molecule has 0 saturated carbocycles. The Morgan fingerprint density at radius 1 is 1.16 bits per heavy atom. The molecule has 0 aliphatic rings. The van der Waals surface area contributed by atoms with Crippen LogP contribution in [0.5, 0.6) is 0 Å². The van der Waals surface area contributed by atoms with Crippen LogP contribution in [0.1, 0.15) is 9.67 Å². The molecule has 0 radical (unpaired) electrons. The first-order valence-electron chi connectivity index (χ1n) is 5.53. The summed E-state index contributed by atoms with van der Waals surface area (Å²) in [6, 6.07) is 10.1. The summed E-state index contributed by atoms with van der Waals surface area (Å²) in [7, 11) is 0. The molecule has 0 aliphatic heterocycles. The van der Waals surface area contributed by atoms with Crippen molar-refractivity contribution in [2.75, 3.05) is 0 Å². The molecule has 94 valence electrons. The van der Waals surface area contributed by atoms with Crippen molar-refractivity contribution in [2.24, 2.45) is 0 Å². The number of nitrogens with zero attached hydrogens (tertiary/aromatic N) is 1. The van der Waals surface area contributed by atoms with Crippen molar-refractivity contribution in [3.05, 3.63) is 53.3 Å². The number of carboxylic acids is 1. The van der Waals surface area contributed by atoms with E-state index in [2.05, 4.69) is 4.98 Å². The maximum atomic E-state index is 13.7. The first-order chi connectivity index (χ1) is 9.16. The van der Waals surface area contributed by atoms with Crippen molar-refractivity contribution < 1.29 is 14.3 Å². The smallest absolute Gasteiger partial charge is 0.347 e. The largest absolute Gasteiger partial charge is 0.477 e. The quantitative estimate of drug-likeness (QED) is 0.772. The summed E-state index contributed by atoms with van der Waals surface area (Å²) in [5.74, 6) is -1.30. The van der Waals surface area contributed by atoms with E-state index in [4.69, 9.17) is 5.11 Å². The second-order valence-corrected chi connectivity index (χ2v) is 5.01. The molecule has 1 aromatic heterocycles. The van der Waals surface area contributed by atoms with Gasteiger partial charge in [-0.3, -0.25) is 0 Å². The van der Waals surface area contributed by atoms with E-state index in [-0.39, 0.29) is 10.7 Å². The average Bonchev–Trinajstić information content (AvgIpc) is 2.89. The summed E-state index contributed by atoms with van der Waals surface area (Å²) in [6.07, 6.45) is 1.32. The van der Waals surface area contributed by atoms with E-state index in [0.717, 1.165) is 22.3 Å². The number of hydrogen-bond acceptors (Lipinski definition) is 3. The van der Waals surface area contributed by atoms with Gasteiger partial charge in [-0.25, -0.2) is 14.2 Å². The number of carboxylic acid groups (broad SMARTS) is 1. The van der Waals surface area contributed by atoms with Crippen molar-refractivity contribution in [1.29, 1.82) is 0 Å². The normalized spacial score (nSPS) is 10.8. The molecule has 1 heterocycles. The fourth-order valence-corrected chi connectivity index (χ4v) is 2.74. The standard InChI is InChI=1S/C14H8FNO2S/c15-11-6-5-10(8-3-1-2-4-9(8)11)13-16-7-12(19-13)14(17)18/h1-7H,(H,17,18). The van der Waals surface area contributed by atoms with Gasteiger partial charge >= 0.3 is 5.97 Å². The van der Waals surface area contributed by atoms with Gasteiger partial charge in [0.15, 0.2) is 0 Å². The Bertz CT molecular complexity index is 782. The highest BCUT2D eigenvalue weighted by Crippen LogP contribution is 2.32. The topological polar surface area (TPSA) is 50.2 Å². The van der Waals surface area contributed by atoms with Crippen LogP contribution in [0.4, 0.5) is 4.39 Å². The van der Waals surface area contributed by atoms with Gasteiger partial charge in [0.1, 0.15) is 15.7 Å². The van der Waals surface area contributed by atoms with E-state index in [0.29, 0.717) is 10.4 Å². The van der Waals surface area contributed by atoms with E-state index in [1.807, 2.05) is 6.07 Å². The summed E-state index contributed by atoms with van der Waals surface area (Å²) in [5.41, 5.74) is 0.745. The van der Waals surface area contributed by atoms with Crippen molar-refractivity contribution in [3.8, 4) is 10.6 Å². The zero-order valence-corrected chi connectivity index (χ0v) is 10.4. The van der Waals surface area contributed by atoms with Crippen LogP contribution in [0.15, 0.2) is 42.6 Å². The number of fused-ring (bicyclic) bond motifs is 1. The van der Waals surface area contributed by atoms with Gasteiger partial charge in [-0.15, -0.1) is 11.3 Å². The van der Waals surface area contributed by atoms with Crippen molar-refractivity contribution >= 4 is 28.1 Å². The fourth-order valence-electron chi connectivity index (χ4n) is 1.95. The highest BCUT2D eigenvalue weighted by Gasteiger charge is 2.13. The van der Waals surface area contributed by atoms with E-state index in [9.17, 15) is 9.18 Å². The second-order valence-electron chi connectivity index (χ2n) is 3.98. The van der Waals surface area contributed by atoms with Crippen LogP contribution in [0.2, 0.25) is 0 Å². The fraction of sp³-hybridized carbons (Fsp3) is 0. The zero-order valence-electron chi connectivity index (χ0n) is 9.63. The van der Waals surface area contributed by atoms with Crippen molar-refractivity contribution in [2.45, 2.75) is 0 Å². The van der Waals surface area contributed by atoms with Gasteiger partial charge < -0.3 is 5.11 Å². The minimum absolute atomic E-state index is 0.170. The molecule has 0 saturated heterocycles. The van der Waals surface area contributed by atoms with Crippen LogP contribution in [0.3, 0.4) is 0 Å². The van der Waals surface area contributed by atoms with Gasteiger partial charge in [0, 0.05) is 10.9 Å². The first kappa shape index (κ1) is 11.8. The molecule has 0 unspecified atom stereocenters. The van der Waals surface area contributed by atoms with Crippen LogP contribution in [0.25, 0.3) is 21.3 Å². The van der Waals surface area contributed by atoms with E-state index in [1.165, 1.54) is 12.3 Å². The molecule has 0 fully saturated rings. The summed E-state index contributed by atoms with van der Waals surface area (Å²) in [6.45, 7) is 0. The van der Waals surface area contributed by atoms with Gasteiger partial charge in [-0.1, -0.05) is 24.3 Å². The maximum absolute atomic E-state index is 13.7. The summed E-state index contributed by atoms with van der Waals surface area (Å²) < 4.78 is 13.7. The third kappa shape index (κ3) is 1.98. The summed E-state index contributed by atoms with van der Waals surface area (Å²) >= 11 is 1.08. The lowest BCUT2D eigenvalue weighted by atomic mass is 10.0. The molecule has 1 N–H and O–H groups in total. The average molecular weight is 273 g/mol. The minimum atomic E-state index is -1.00. The monoisotopic (exact) mass is 273 g/mol. The molecule has 0 amide bonds. The Labute approximate surface area is 112 Å². The van der Waals surface area contributed by atoms with E-state index >= 15 is 0 Å². The van der Waals surface area contributed by atoms with Crippen LogP contribution in [-0.2, 0) is 0 Å². The van der Waals surface area contributed by atoms with Gasteiger partial charge in [-0.2, -0.15) is 0 Å². The van der Waals surface area contributed by atoms with Gasteiger partial charge in [-0.05, 0) is 17.5 Å². The van der Waals surface area contributed by atoms with Crippen LogP contribution in [0, 0.1) is 5.82 Å². The van der Waals surface area contributed by atoms with Gasteiger partial charge in [0.05, 0.1) is 6.20 Å². The third-order valence-electron chi connectivity index (χ3n) is 2.82. The van der Waals surface area contributed by atoms with Crippen LogP contribution >= 0.6 is 11.3 Å². The van der Waals surface area contributed by atoms with Gasteiger partial charge in [0.2, 0.25) is 0 Å². The molecule has 0 aliphatic carbocycles. The summed E-state index contributed by atoms with van der Waals surface area (Å²) in [5, 5.41) is 10.7. The highest BCUT2D eigenvalue weighted by atomic mass is 32.1. The van der Waals surface area contributed by atoms with Crippen molar-refractivity contribution in [3.63, 3.8) is 0 Å². The molecular formula is C14H8FNO2S. The third-order valence-corrected chi connectivity index (χ3v) is 3.84. The molecular weight excluding hydrogens is 265 g/mol. The van der Waals surface area contributed by atoms with Crippen molar-refractivity contribution in [1.82, 2.24) is 4.98 Å². The number of benzene rings is 2.